The highest BCUT2D eigenvalue weighted by Crippen LogP contribution is 2.23. The van der Waals surface area contributed by atoms with E-state index in [1.807, 2.05) is 0 Å². The van der Waals surface area contributed by atoms with Crippen LogP contribution in [0.4, 0.5) is 13.2 Å². The summed E-state index contributed by atoms with van der Waals surface area (Å²) in [5.74, 6) is -0.379. The van der Waals surface area contributed by atoms with Crippen molar-refractivity contribution >= 4 is 5.91 Å². The second-order valence-corrected chi connectivity index (χ2v) is 5.45. The number of carbonyl (C=O) groups excluding carboxylic acids is 1. The lowest BCUT2D eigenvalue weighted by Crippen LogP contribution is -2.43. The molecule has 1 aliphatic heterocycles. The molecule has 1 heterocycles. The van der Waals surface area contributed by atoms with E-state index >= 15 is 0 Å². The van der Waals surface area contributed by atoms with Crippen LogP contribution in [-0.2, 0) is 11.3 Å². The van der Waals surface area contributed by atoms with E-state index in [1.54, 1.807) is 12.1 Å². The fraction of sp³-hybridized carbons (Fsp3) is 0.438. The summed E-state index contributed by atoms with van der Waals surface area (Å²) in [7, 11) is 0. The zero-order valence-electron chi connectivity index (χ0n) is 12.6. The molecule has 126 valence electrons. The van der Waals surface area contributed by atoms with E-state index in [0.29, 0.717) is 6.54 Å². The monoisotopic (exact) mass is 328 g/mol. The maximum Gasteiger partial charge on any atom is 0.573 e. The van der Waals surface area contributed by atoms with Crippen LogP contribution in [0.2, 0.25) is 0 Å². The van der Waals surface area contributed by atoms with Crippen LogP contribution in [0, 0.1) is 0 Å². The van der Waals surface area contributed by atoms with Gasteiger partial charge in [0.25, 0.3) is 0 Å². The SMILES string of the molecule is C=CC(=O)NC1CCN(Cc2ccc(OC(F)(F)F)cc2)CC1. The first-order valence-electron chi connectivity index (χ1n) is 7.36. The van der Waals surface area contributed by atoms with Gasteiger partial charge in [0.05, 0.1) is 0 Å². The zero-order valence-corrected chi connectivity index (χ0v) is 12.6. The van der Waals surface area contributed by atoms with E-state index in [-0.39, 0.29) is 17.7 Å². The molecule has 1 N–H and O–H groups in total. The van der Waals surface area contributed by atoms with Crippen LogP contribution >= 0.6 is 0 Å². The van der Waals surface area contributed by atoms with Gasteiger partial charge >= 0.3 is 6.36 Å². The molecule has 1 amide bonds. The zero-order chi connectivity index (χ0) is 16.9. The lowest BCUT2D eigenvalue weighted by molar-refractivity contribution is -0.274. The smallest absolute Gasteiger partial charge is 0.406 e. The summed E-state index contributed by atoms with van der Waals surface area (Å²) in [4.78, 5) is 13.5. The van der Waals surface area contributed by atoms with Crippen LogP contribution in [-0.4, -0.2) is 36.3 Å². The number of nitrogens with zero attached hydrogens (tertiary/aromatic N) is 1. The molecule has 0 aromatic heterocycles. The number of likely N-dealkylation sites (tertiary alicyclic amines) is 1. The van der Waals surface area contributed by atoms with Gasteiger partial charge in [0.15, 0.2) is 0 Å². The predicted molar refractivity (Wildman–Crippen MR) is 79.8 cm³/mol. The number of nitrogens with one attached hydrogen (secondary N) is 1. The van der Waals surface area contributed by atoms with Gasteiger partial charge in [-0.2, -0.15) is 0 Å². The Labute approximate surface area is 132 Å². The first kappa shape index (κ1) is 17.3. The standard InChI is InChI=1S/C16H19F3N2O2/c1-2-15(22)20-13-7-9-21(10-8-13)11-12-3-5-14(6-4-12)23-16(17,18)19/h2-6,13H,1,7-11H2,(H,20,22). The highest BCUT2D eigenvalue weighted by molar-refractivity contribution is 5.87. The number of rotatable bonds is 5. The number of amides is 1. The van der Waals surface area contributed by atoms with Gasteiger partial charge in [-0.05, 0) is 36.6 Å². The van der Waals surface area contributed by atoms with Crippen molar-refractivity contribution in [3.63, 3.8) is 0 Å². The number of piperidine rings is 1. The maximum absolute atomic E-state index is 12.1. The molecule has 1 aliphatic rings. The van der Waals surface area contributed by atoms with Crippen LogP contribution in [0.1, 0.15) is 18.4 Å². The predicted octanol–water partition coefficient (Wildman–Crippen LogP) is 2.85. The minimum atomic E-state index is -4.67. The van der Waals surface area contributed by atoms with E-state index in [9.17, 15) is 18.0 Å². The molecule has 0 spiro atoms. The molecular formula is C16H19F3N2O2. The molecule has 1 aromatic rings. The Balaban J connectivity index is 1.80. The number of hydrogen-bond donors (Lipinski definition) is 1. The molecule has 0 aliphatic carbocycles. The van der Waals surface area contributed by atoms with Gasteiger partial charge < -0.3 is 10.1 Å². The van der Waals surface area contributed by atoms with Gasteiger partial charge in [-0.25, -0.2) is 0 Å². The van der Waals surface area contributed by atoms with Crippen molar-refractivity contribution in [2.24, 2.45) is 0 Å². The second-order valence-electron chi connectivity index (χ2n) is 5.45. The number of benzene rings is 1. The third-order valence-corrected chi connectivity index (χ3v) is 3.68. The molecule has 0 saturated carbocycles. The van der Waals surface area contributed by atoms with Crippen molar-refractivity contribution in [2.45, 2.75) is 31.8 Å². The molecular weight excluding hydrogens is 309 g/mol. The molecule has 7 heteroatoms. The van der Waals surface area contributed by atoms with Gasteiger partial charge in [0, 0.05) is 25.7 Å². The summed E-state index contributed by atoms with van der Waals surface area (Å²) in [6.45, 7) is 5.73. The fourth-order valence-electron chi connectivity index (χ4n) is 2.55. The molecule has 0 atom stereocenters. The summed E-state index contributed by atoms with van der Waals surface area (Å²) in [6, 6.07) is 6.05. The van der Waals surface area contributed by atoms with Crippen molar-refractivity contribution < 1.29 is 22.7 Å². The van der Waals surface area contributed by atoms with Crippen LogP contribution in [0.25, 0.3) is 0 Å². The fourth-order valence-corrected chi connectivity index (χ4v) is 2.55. The molecule has 0 unspecified atom stereocenters. The molecule has 1 aromatic carbocycles. The summed E-state index contributed by atoms with van der Waals surface area (Å²) >= 11 is 0. The van der Waals surface area contributed by atoms with E-state index < -0.39 is 6.36 Å². The van der Waals surface area contributed by atoms with Crippen molar-refractivity contribution in [3.8, 4) is 5.75 Å². The Kier molecular flexibility index (Phi) is 5.65. The number of hydrogen-bond acceptors (Lipinski definition) is 3. The van der Waals surface area contributed by atoms with Crippen molar-refractivity contribution in [3.05, 3.63) is 42.5 Å². The Bertz CT molecular complexity index is 535. The highest BCUT2D eigenvalue weighted by atomic mass is 19.4. The summed E-state index contributed by atoms with van der Waals surface area (Å²) in [5, 5.41) is 2.88. The Morgan fingerprint density at radius 1 is 1.30 bits per heavy atom. The van der Waals surface area contributed by atoms with E-state index in [4.69, 9.17) is 0 Å². The topological polar surface area (TPSA) is 41.6 Å². The number of halogens is 3. The Morgan fingerprint density at radius 2 is 1.91 bits per heavy atom. The molecule has 1 saturated heterocycles. The quantitative estimate of drug-likeness (QED) is 0.845. The van der Waals surface area contributed by atoms with Crippen LogP contribution in [0.5, 0.6) is 5.75 Å². The third-order valence-electron chi connectivity index (χ3n) is 3.68. The van der Waals surface area contributed by atoms with E-state index in [2.05, 4.69) is 21.5 Å². The van der Waals surface area contributed by atoms with Gasteiger partial charge in [-0.1, -0.05) is 18.7 Å². The Hall–Kier alpha value is -2.02. The number of ether oxygens (including phenoxy) is 1. The largest absolute Gasteiger partial charge is 0.573 e. The average molecular weight is 328 g/mol. The minimum absolute atomic E-state index is 0.152. The third kappa shape index (κ3) is 5.94. The van der Waals surface area contributed by atoms with Crippen molar-refractivity contribution in [1.82, 2.24) is 10.2 Å². The number of carbonyl (C=O) groups is 1. The average Bonchev–Trinajstić information content (AvgIpc) is 2.49. The van der Waals surface area contributed by atoms with Crippen molar-refractivity contribution in [2.75, 3.05) is 13.1 Å². The Morgan fingerprint density at radius 3 is 2.43 bits per heavy atom. The highest BCUT2D eigenvalue weighted by Gasteiger charge is 2.31. The van der Waals surface area contributed by atoms with E-state index in [1.165, 1.54) is 18.2 Å². The van der Waals surface area contributed by atoms with Crippen LogP contribution in [0.3, 0.4) is 0 Å². The molecule has 23 heavy (non-hydrogen) atoms. The normalized spacial score (nSPS) is 16.8. The number of alkyl halides is 3. The van der Waals surface area contributed by atoms with Gasteiger partial charge in [-0.3, -0.25) is 9.69 Å². The lowest BCUT2D eigenvalue weighted by atomic mass is 10.0. The second kappa shape index (κ2) is 7.50. The summed E-state index contributed by atoms with van der Waals surface area (Å²) in [5.41, 5.74) is 0.924. The summed E-state index contributed by atoms with van der Waals surface area (Å²) in [6.07, 6.45) is -1.72. The molecule has 0 radical (unpaired) electrons. The maximum atomic E-state index is 12.1. The lowest BCUT2D eigenvalue weighted by Gasteiger charge is -2.32. The summed E-state index contributed by atoms with van der Waals surface area (Å²) < 4.78 is 40.1. The van der Waals surface area contributed by atoms with Gasteiger partial charge in [-0.15, -0.1) is 13.2 Å². The molecule has 4 nitrogen and oxygen atoms in total. The van der Waals surface area contributed by atoms with E-state index in [0.717, 1.165) is 31.5 Å². The van der Waals surface area contributed by atoms with Gasteiger partial charge in [0.2, 0.25) is 5.91 Å². The molecule has 1 fully saturated rings. The molecule has 0 bridgehead atoms. The first-order valence-corrected chi connectivity index (χ1v) is 7.36. The van der Waals surface area contributed by atoms with Gasteiger partial charge in [0.1, 0.15) is 5.75 Å². The van der Waals surface area contributed by atoms with Crippen LogP contribution in [0.15, 0.2) is 36.9 Å². The van der Waals surface area contributed by atoms with Crippen LogP contribution < -0.4 is 10.1 Å². The minimum Gasteiger partial charge on any atom is -0.406 e. The van der Waals surface area contributed by atoms with Crippen molar-refractivity contribution in [1.29, 1.82) is 0 Å². The molecule has 2 rings (SSSR count). The first-order chi connectivity index (χ1) is 10.9.